The van der Waals surface area contributed by atoms with Crippen LogP contribution in [-0.4, -0.2) is 25.9 Å². The van der Waals surface area contributed by atoms with Crippen molar-refractivity contribution in [1.29, 1.82) is 0 Å². The van der Waals surface area contributed by atoms with Gasteiger partial charge in [0, 0.05) is 37.8 Å². The maximum Gasteiger partial charge on any atom is 0.147 e. The Balaban J connectivity index is 1.64. The fourth-order valence-electron chi connectivity index (χ4n) is 2.11. The van der Waals surface area contributed by atoms with Crippen LogP contribution in [0.2, 0.25) is 0 Å². The number of hydrogen-bond donors (Lipinski definition) is 3. The summed E-state index contributed by atoms with van der Waals surface area (Å²) < 4.78 is 4.24. The third-order valence-corrected chi connectivity index (χ3v) is 3.94. The molecule has 0 fully saturated rings. The number of imidazole rings is 1. The van der Waals surface area contributed by atoms with Crippen molar-refractivity contribution >= 4 is 22.4 Å². The molecule has 0 amide bonds. The molecular formula is C14H16N6S. The number of nitrogens with zero attached hydrogens (tertiary/aromatic N) is 3. The molecule has 7 heteroatoms. The molecule has 0 saturated carbocycles. The zero-order valence-electron chi connectivity index (χ0n) is 11.4. The average molecular weight is 300 g/mol. The Kier molecular flexibility index (Phi) is 4.11. The number of nitrogen functional groups attached to an aromatic ring is 1. The first-order chi connectivity index (χ1) is 10.3. The van der Waals surface area contributed by atoms with E-state index in [1.807, 2.05) is 18.3 Å². The van der Waals surface area contributed by atoms with Gasteiger partial charge in [0.05, 0.1) is 5.56 Å². The van der Waals surface area contributed by atoms with Crippen molar-refractivity contribution in [3.8, 4) is 11.1 Å². The van der Waals surface area contributed by atoms with Gasteiger partial charge in [-0.2, -0.15) is 4.37 Å². The Morgan fingerprint density at radius 3 is 2.86 bits per heavy atom. The number of aromatic nitrogens is 4. The van der Waals surface area contributed by atoms with E-state index in [2.05, 4.69) is 24.6 Å². The number of nitrogens with two attached hydrogens (primary N) is 1. The standard InChI is InChI=1S/C14H16N6S/c15-13-12(10-3-6-16-7-4-10)14(21-20-13)19-5-1-2-11-17-8-9-18-11/h3-4,6-9,19H,1-2,5H2,(H2,15,20)(H,17,18). The van der Waals surface area contributed by atoms with E-state index in [0.717, 1.165) is 41.3 Å². The second-order valence-electron chi connectivity index (χ2n) is 4.57. The molecule has 0 unspecified atom stereocenters. The van der Waals surface area contributed by atoms with Gasteiger partial charge in [-0.3, -0.25) is 4.98 Å². The lowest BCUT2D eigenvalue weighted by atomic mass is 10.1. The Bertz CT molecular complexity index is 677. The molecule has 108 valence electrons. The molecule has 0 saturated heterocycles. The third kappa shape index (κ3) is 3.19. The first-order valence-corrected chi connectivity index (χ1v) is 7.49. The molecule has 3 aromatic heterocycles. The fraction of sp³-hybridized carbons (Fsp3) is 0.214. The van der Waals surface area contributed by atoms with Crippen LogP contribution >= 0.6 is 11.5 Å². The van der Waals surface area contributed by atoms with Gasteiger partial charge in [-0.1, -0.05) is 0 Å². The maximum absolute atomic E-state index is 5.98. The molecule has 6 nitrogen and oxygen atoms in total. The quantitative estimate of drug-likeness (QED) is 0.608. The summed E-state index contributed by atoms with van der Waals surface area (Å²) in [5, 5.41) is 4.41. The first kappa shape index (κ1) is 13.6. The fourth-order valence-corrected chi connectivity index (χ4v) is 2.87. The smallest absolute Gasteiger partial charge is 0.147 e. The van der Waals surface area contributed by atoms with Crippen LogP contribution in [0.3, 0.4) is 0 Å². The van der Waals surface area contributed by atoms with Crippen LogP contribution in [0.1, 0.15) is 12.2 Å². The maximum atomic E-state index is 5.98. The van der Waals surface area contributed by atoms with Crippen LogP contribution < -0.4 is 11.1 Å². The van der Waals surface area contributed by atoms with E-state index in [1.165, 1.54) is 11.5 Å². The van der Waals surface area contributed by atoms with Crippen molar-refractivity contribution < 1.29 is 0 Å². The second kappa shape index (κ2) is 6.36. The van der Waals surface area contributed by atoms with Crippen LogP contribution in [0, 0.1) is 0 Å². The van der Waals surface area contributed by atoms with Crippen LogP contribution in [0.4, 0.5) is 10.8 Å². The van der Waals surface area contributed by atoms with Crippen molar-refractivity contribution in [3.63, 3.8) is 0 Å². The first-order valence-electron chi connectivity index (χ1n) is 6.72. The number of rotatable bonds is 6. The number of hydrogen-bond acceptors (Lipinski definition) is 6. The minimum absolute atomic E-state index is 0.555. The Morgan fingerprint density at radius 1 is 1.24 bits per heavy atom. The largest absolute Gasteiger partial charge is 0.382 e. The Morgan fingerprint density at radius 2 is 2.10 bits per heavy atom. The summed E-state index contributed by atoms with van der Waals surface area (Å²) in [4.78, 5) is 11.3. The molecule has 21 heavy (non-hydrogen) atoms. The molecular weight excluding hydrogens is 284 g/mol. The summed E-state index contributed by atoms with van der Waals surface area (Å²) in [6, 6.07) is 3.88. The van der Waals surface area contributed by atoms with Crippen molar-refractivity contribution in [2.45, 2.75) is 12.8 Å². The highest BCUT2D eigenvalue weighted by Crippen LogP contribution is 2.36. The van der Waals surface area contributed by atoms with Crippen LogP contribution in [-0.2, 0) is 6.42 Å². The number of nitrogens with one attached hydrogen (secondary N) is 2. The number of aryl methyl sites for hydroxylation is 1. The highest BCUT2D eigenvalue weighted by atomic mass is 32.1. The number of H-pyrrole nitrogens is 1. The van der Waals surface area contributed by atoms with Crippen molar-refractivity contribution in [2.24, 2.45) is 0 Å². The van der Waals surface area contributed by atoms with Gasteiger partial charge in [-0.05, 0) is 35.6 Å². The molecule has 0 aliphatic carbocycles. The summed E-state index contributed by atoms with van der Waals surface area (Å²) in [5.74, 6) is 1.56. The molecule has 0 bridgehead atoms. The predicted molar refractivity (Wildman–Crippen MR) is 85.2 cm³/mol. The lowest BCUT2D eigenvalue weighted by Crippen LogP contribution is -2.03. The topological polar surface area (TPSA) is 92.5 Å². The van der Waals surface area contributed by atoms with Gasteiger partial charge >= 0.3 is 0 Å². The van der Waals surface area contributed by atoms with E-state index in [1.54, 1.807) is 18.6 Å². The Hall–Kier alpha value is -2.41. The monoisotopic (exact) mass is 300 g/mol. The van der Waals surface area contributed by atoms with Gasteiger partial charge in [0.15, 0.2) is 0 Å². The Labute approximate surface area is 126 Å². The van der Waals surface area contributed by atoms with Crippen LogP contribution in [0.25, 0.3) is 11.1 Å². The zero-order chi connectivity index (χ0) is 14.5. The number of aromatic amines is 1. The molecule has 3 aromatic rings. The van der Waals surface area contributed by atoms with E-state index in [9.17, 15) is 0 Å². The molecule has 0 aliphatic rings. The van der Waals surface area contributed by atoms with Crippen LogP contribution in [0.5, 0.6) is 0 Å². The summed E-state index contributed by atoms with van der Waals surface area (Å²) >= 11 is 1.39. The summed E-state index contributed by atoms with van der Waals surface area (Å²) in [6.07, 6.45) is 9.03. The molecule has 3 rings (SSSR count). The van der Waals surface area contributed by atoms with E-state index in [0.29, 0.717) is 5.82 Å². The molecule has 4 N–H and O–H groups in total. The normalized spacial score (nSPS) is 10.7. The van der Waals surface area contributed by atoms with Crippen molar-refractivity contribution in [2.75, 3.05) is 17.6 Å². The van der Waals surface area contributed by atoms with Crippen molar-refractivity contribution in [1.82, 2.24) is 19.3 Å². The van der Waals surface area contributed by atoms with Gasteiger partial charge < -0.3 is 16.0 Å². The molecule has 0 aliphatic heterocycles. The van der Waals surface area contributed by atoms with Gasteiger partial charge in [-0.15, -0.1) is 0 Å². The minimum Gasteiger partial charge on any atom is -0.382 e. The van der Waals surface area contributed by atoms with Gasteiger partial charge in [-0.25, -0.2) is 4.98 Å². The molecule has 0 aromatic carbocycles. The predicted octanol–water partition coefficient (Wildman–Crippen LogP) is 2.56. The number of anilines is 2. The van der Waals surface area contributed by atoms with Gasteiger partial charge in [0.25, 0.3) is 0 Å². The van der Waals surface area contributed by atoms with Crippen molar-refractivity contribution in [3.05, 3.63) is 42.7 Å². The average Bonchev–Trinajstić information content (AvgIpc) is 3.14. The lowest BCUT2D eigenvalue weighted by molar-refractivity contribution is 0.818. The minimum atomic E-state index is 0.555. The van der Waals surface area contributed by atoms with Crippen LogP contribution in [0.15, 0.2) is 36.9 Å². The highest BCUT2D eigenvalue weighted by Gasteiger charge is 2.13. The highest BCUT2D eigenvalue weighted by molar-refractivity contribution is 7.11. The summed E-state index contributed by atoms with van der Waals surface area (Å²) in [5.41, 5.74) is 7.97. The van der Waals surface area contributed by atoms with E-state index < -0.39 is 0 Å². The van der Waals surface area contributed by atoms with E-state index in [4.69, 9.17) is 5.73 Å². The second-order valence-corrected chi connectivity index (χ2v) is 5.35. The van der Waals surface area contributed by atoms with Gasteiger partial charge in [0.1, 0.15) is 16.6 Å². The van der Waals surface area contributed by atoms with E-state index in [-0.39, 0.29) is 0 Å². The third-order valence-electron chi connectivity index (χ3n) is 3.12. The van der Waals surface area contributed by atoms with E-state index >= 15 is 0 Å². The zero-order valence-corrected chi connectivity index (χ0v) is 12.2. The summed E-state index contributed by atoms with van der Waals surface area (Å²) in [6.45, 7) is 0.848. The SMILES string of the molecule is Nc1nsc(NCCCc2ncc[nH]2)c1-c1ccncc1. The molecule has 0 atom stereocenters. The molecule has 0 radical (unpaired) electrons. The number of pyridine rings is 1. The molecule has 0 spiro atoms. The van der Waals surface area contributed by atoms with Gasteiger partial charge in [0.2, 0.25) is 0 Å². The lowest BCUT2D eigenvalue weighted by Gasteiger charge is -2.06. The summed E-state index contributed by atoms with van der Waals surface area (Å²) in [7, 11) is 0. The molecule has 3 heterocycles.